The lowest BCUT2D eigenvalue weighted by atomic mass is 10.0. The molecule has 1 saturated heterocycles. The average molecular weight is 333 g/mol. The Kier molecular flexibility index (Phi) is 7.28. The van der Waals surface area contributed by atoms with Crippen molar-refractivity contribution in [1.29, 1.82) is 0 Å². The number of hydrogen-bond acceptors (Lipinski definition) is 4. The van der Waals surface area contributed by atoms with E-state index in [2.05, 4.69) is 6.58 Å². The lowest BCUT2D eigenvalue weighted by Gasteiger charge is -2.39. The van der Waals surface area contributed by atoms with Gasteiger partial charge in [0.2, 0.25) is 5.91 Å². The van der Waals surface area contributed by atoms with Crippen LogP contribution in [0.3, 0.4) is 0 Å². The average Bonchev–Trinajstić information content (AvgIpc) is 2.61. The van der Waals surface area contributed by atoms with E-state index >= 15 is 0 Å². The van der Waals surface area contributed by atoms with Crippen molar-refractivity contribution < 1.29 is 19.0 Å². The first kappa shape index (κ1) is 18.5. The van der Waals surface area contributed by atoms with E-state index in [1.807, 2.05) is 43.0 Å². The predicted molar refractivity (Wildman–Crippen MR) is 93.0 cm³/mol. The summed E-state index contributed by atoms with van der Waals surface area (Å²) >= 11 is 0. The van der Waals surface area contributed by atoms with E-state index in [0.29, 0.717) is 33.0 Å². The molecule has 1 aromatic rings. The van der Waals surface area contributed by atoms with Gasteiger partial charge in [-0.3, -0.25) is 4.79 Å². The molecule has 1 aromatic carbocycles. The first-order chi connectivity index (χ1) is 11.7. The Morgan fingerprint density at radius 2 is 2.25 bits per heavy atom. The van der Waals surface area contributed by atoms with Gasteiger partial charge in [-0.25, -0.2) is 0 Å². The van der Waals surface area contributed by atoms with Gasteiger partial charge in [0.05, 0.1) is 19.3 Å². The summed E-state index contributed by atoms with van der Waals surface area (Å²) in [7, 11) is 0. The van der Waals surface area contributed by atoms with Crippen molar-refractivity contribution in [2.24, 2.45) is 0 Å². The van der Waals surface area contributed by atoms with Gasteiger partial charge in [0.1, 0.15) is 11.9 Å². The predicted octanol–water partition coefficient (Wildman–Crippen LogP) is 2.79. The molecule has 0 spiro atoms. The highest BCUT2D eigenvalue weighted by atomic mass is 16.5. The minimum atomic E-state index is -0.109. The van der Waals surface area contributed by atoms with Crippen LogP contribution in [0.5, 0.6) is 5.75 Å². The van der Waals surface area contributed by atoms with Gasteiger partial charge < -0.3 is 19.1 Å². The Morgan fingerprint density at radius 3 is 2.96 bits per heavy atom. The third-order valence-corrected chi connectivity index (χ3v) is 4.07. The molecule has 5 nitrogen and oxygen atoms in total. The number of rotatable bonds is 8. The summed E-state index contributed by atoms with van der Waals surface area (Å²) < 4.78 is 16.9. The molecular weight excluding hydrogens is 306 g/mol. The Hall–Kier alpha value is -1.85. The van der Waals surface area contributed by atoms with Crippen molar-refractivity contribution >= 4 is 5.91 Å². The number of hydrogen-bond donors (Lipinski definition) is 0. The van der Waals surface area contributed by atoms with Gasteiger partial charge >= 0.3 is 0 Å². The SMILES string of the molecule is C=CC(=O)N(Cc1cccc(OCC)c1)C1CCOCC1OCC. The molecule has 0 radical (unpaired) electrons. The maximum atomic E-state index is 12.5. The van der Waals surface area contributed by atoms with E-state index in [4.69, 9.17) is 14.2 Å². The van der Waals surface area contributed by atoms with Crippen molar-refractivity contribution in [3.8, 4) is 5.75 Å². The van der Waals surface area contributed by atoms with Gasteiger partial charge in [-0.15, -0.1) is 0 Å². The maximum Gasteiger partial charge on any atom is 0.246 e. The zero-order valence-corrected chi connectivity index (χ0v) is 14.6. The minimum absolute atomic E-state index is 0.0139. The number of amides is 1. The van der Waals surface area contributed by atoms with E-state index in [1.54, 1.807) is 0 Å². The molecule has 2 unspecified atom stereocenters. The maximum absolute atomic E-state index is 12.5. The Morgan fingerprint density at radius 1 is 1.42 bits per heavy atom. The third-order valence-electron chi connectivity index (χ3n) is 4.07. The van der Waals surface area contributed by atoms with Crippen LogP contribution in [0.15, 0.2) is 36.9 Å². The number of ether oxygens (including phenoxy) is 3. The fourth-order valence-electron chi connectivity index (χ4n) is 3.00. The molecule has 1 aliphatic heterocycles. The van der Waals surface area contributed by atoms with Gasteiger partial charge in [0, 0.05) is 19.8 Å². The first-order valence-corrected chi connectivity index (χ1v) is 8.53. The van der Waals surface area contributed by atoms with E-state index in [-0.39, 0.29) is 18.1 Å². The van der Waals surface area contributed by atoms with Crippen LogP contribution in [-0.2, 0) is 20.8 Å². The lowest BCUT2D eigenvalue weighted by Crippen LogP contribution is -2.51. The molecule has 0 aliphatic carbocycles. The van der Waals surface area contributed by atoms with Crippen LogP contribution in [0.1, 0.15) is 25.8 Å². The third kappa shape index (κ3) is 4.82. The molecule has 0 aromatic heterocycles. The molecule has 0 N–H and O–H groups in total. The standard InChI is InChI=1S/C19H27NO4/c1-4-19(21)20(17-10-11-22-14-18(17)24-6-3)13-15-8-7-9-16(12-15)23-5-2/h4,7-9,12,17-18H,1,5-6,10-11,13-14H2,2-3H3. The second-order valence-electron chi connectivity index (χ2n) is 5.68. The molecule has 1 fully saturated rings. The molecule has 24 heavy (non-hydrogen) atoms. The van der Waals surface area contributed by atoms with Gasteiger partial charge in [0.15, 0.2) is 0 Å². The summed E-state index contributed by atoms with van der Waals surface area (Å²) in [6, 6.07) is 7.83. The topological polar surface area (TPSA) is 48.0 Å². The van der Waals surface area contributed by atoms with E-state index in [0.717, 1.165) is 17.7 Å². The van der Waals surface area contributed by atoms with Gasteiger partial charge in [-0.05, 0) is 44.0 Å². The highest BCUT2D eigenvalue weighted by Gasteiger charge is 2.33. The molecule has 1 amide bonds. The quantitative estimate of drug-likeness (QED) is 0.687. The summed E-state index contributed by atoms with van der Waals surface area (Å²) in [5, 5.41) is 0. The van der Waals surface area contributed by atoms with Crippen LogP contribution in [0, 0.1) is 0 Å². The number of carbonyl (C=O) groups is 1. The van der Waals surface area contributed by atoms with Crippen molar-refractivity contribution in [3.63, 3.8) is 0 Å². The number of carbonyl (C=O) groups excluding carboxylic acids is 1. The van der Waals surface area contributed by atoms with Crippen molar-refractivity contribution in [2.45, 2.75) is 39.0 Å². The highest BCUT2D eigenvalue weighted by molar-refractivity contribution is 5.87. The van der Waals surface area contributed by atoms with Crippen LogP contribution in [-0.4, -0.2) is 49.4 Å². The smallest absolute Gasteiger partial charge is 0.246 e. The molecule has 5 heteroatoms. The zero-order valence-electron chi connectivity index (χ0n) is 14.6. The monoisotopic (exact) mass is 333 g/mol. The van der Waals surface area contributed by atoms with Gasteiger partial charge in [0.25, 0.3) is 0 Å². The zero-order chi connectivity index (χ0) is 17.4. The van der Waals surface area contributed by atoms with E-state index < -0.39 is 0 Å². The summed E-state index contributed by atoms with van der Waals surface area (Å²) in [6.07, 6.45) is 2.02. The normalized spacial score (nSPS) is 20.4. The number of nitrogens with zero attached hydrogens (tertiary/aromatic N) is 1. The molecule has 2 rings (SSSR count). The molecule has 0 bridgehead atoms. The fourth-order valence-corrected chi connectivity index (χ4v) is 3.00. The minimum Gasteiger partial charge on any atom is -0.494 e. The molecule has 0 saturated carbocycles. The Balaban J connectivity index is 2.19. The molecule has 1 heterocycles. The second kappa shape index (κ2) is 9.45. The summed E-state index contributed by atoms with van der Waals surface area (Å²) in [5.74, 6) is 0.725. The van der Waals surface area contributed by atoms with E-state index in [1.165, 1.54) is 6.08 Å². The molecule has 132 valence electrons. The van der Waals surface area contributed by atoms with E-state index in [9.17, 15) is 4.79 Å². The molecule has 1 aliphatic rings. The summed E-state index contributed by atoms with van der Waals surface area (Å²) in [5.41, 5.74) is 1.03. The summed E-state index contributed by atoms with van der Waals surface area (Å²) in [4.78, 5) is 14.3. The van der Waals surface area contributed by atoms with Crippen LogP contribution in [0.25, 0.3) is 0 Å². The Bertz CT molecular complexity index is 544. The molecule has 2 atom stereocenters. The van der Waals surface area contributed by atoms with Crippen molar-refractivity contribution in [3.05, 3.63) is 42.5 Å². The largest absolute Gasteiger partial charge is 0.494 e. The molecular formula is C19H27NO4. The van der Waals surface area contributed by atoms with Crippen LogP contribution in [0.2, 0.25) is 0 Å². The van der Waals surface area contributed by atoms with Gasteiger partial charge in [-0.1, -0.05) is 18.7 Å². The van der Waals surface area contributed by atoms with Crippen LogP contribution < -0.4 is 4.74 Å². The second-order valence-corrected chi connectivity index (χ2v) is 5.68. The first-order valence-electron chi connectivity index (χ1n) is 8.53. The Labute approximate surface area is 144 Å². The fraction of sp³-hybridized carbons (Fsp3) is 0.526. The van der Waals surface area contributed by atoms with Crippen LogP contribution in [0.4, 0.5) is 0 Å². The highest BCUT2D eigenvalue weighted by Crippen LogP contribution is 2.22. The van der Waals surface area contributed by atoms with Crippen molar-refractivity contribution in [1.82, 2.24) is 4.90 Å². The van der Waals surface area contributed by atoms with Gasteiger partial charge in [-0.2, -0.15) is 0 Å². The lowest BCUT2D eigenvalue weighted by molar-refractivity contribution is -0.141. The van der Waals surface area contributed by atoms with Crippen molar-refractivity contribution in [2.75, 3.05) is 26.4 Å². The summed E-state index contributed by atoms with van der Waals surface area (Å²) in [6.45, 7) is 10.4. The van der Waals surface area contributed by atoms with Crippen LogP contribution >= 0.6 is 0 Å². The number of benzene rings is 1.